The first-order valence-corrected chi connectivity index (χ1v) is 9.04. The molecule has 0 atom stereocenters. The standard InChI is InChI=1S/C21H24N2O4/c1-15-13-16(26-2)9-10-18(15)22-21(25)17-7-3-4-8-19(17)27-14-20(24)23-11-5-6-12-23/h3-4,7-10,13H,5-6,11-12,14H2,1-2H3,(H,22,25). The second-order valence-corrected chi connectivity index (χ2v) is 6.51. The van der Waals surface area contributed by atoms with Crippen molar-refractivity contribution in [3.63, 3.8) is 0 Å². The van der Waals surface area contributed by atoms with Crippen molar-refractivity contribution in [3.8, 4) is 11.5 Å². The highest BCUT2D eigenvalue weighted by Crippen LogP contribution is 2.24. The Kier molecular flexibility index (Phi) is 5.96. The van der Waals surface area contributed by atoms with Crippen LogP contribution in [0, 0.1) is 6.92 Å². The first-order valence-electron chi connectivity index (χ1n) is 9.04. The molecule has 0 aromatic heterocycles. The SMILES string of the molecule is COc1ccc(NC(=O)c2ccccc2OCC(=O)N2CCCC2)c(C)c1. The molecule has 0 unspecified atom stereocenters. The van der Waals surface area contributed by atoms with Crippen LogP contribution in [-0.4, -0.2) is 43.5 Å². The Morgan fingerprint density at radius 2 is 1.85 bits per heavy atom. The summed E-state index contributed by atoms with van der Waals surface area (Å²) in [7, 11) is 1.60. The van der Waals surface area contributed by atoms with Gasteiger partial charge in [-0.2, -0.15) is 0 Å². The zero-order chi connectivity index (χ0) is 19.2. The van der Waals surface area contributed by atoms with Crippen LogP contribution in [0.1, 0.15) is 28.8 Å². The topological polar surface area (TPSA) is 67.9 Å². The van der Waals surface area contributed by atoms with Gasteiger partial charge in [-0.25, -0.2) is 0 Å². The van der Waals surface area contributed by atoms with E-state index in [9.17, 15) is 9.59 Å². The van der Waals surface area contributed by atoms with E-state index < -0.39 is 0 Å². The van der Waals surface area contributed by atoms with E-state index in [1.54, 1.807) is 48.4 Å². The molecule has 1 heterocycles. The van der Waals surface area contributed by atoms with Gasteiger partial charge in [0.15, 0.2) is 6.61 Å². The van der Waals surface area contributed by atoms with Crippen molar-refractivity contribution in [2.24, 2.45) is 0 Å². The van der Waals surface area contributed by atoms with E-state index in [-0.39, 0.29) is 18.4 Å². The number of likely N-dealkylation sites (tertiary alicyclic amines) is 1. The van der Waals surface area contributed by atoms with Gasteiger partial charge in [-0.05, 0) is 55.7 Å². The van der Waals surface area contributed by atoms with E-state index in [2.05, 4.69) is 5.32 Å². The van der Waals surface area contributed by atoms with Gasteiger partial charge in [0.2, 0.25) is 0 Å². The minimum absolute atomic E-state index is 0.0475. The minimum Gasteiger partial charge on any atom is -0.497 e. The molecule has 0 spiro atoms. The van der Waals surface area contributed by atoms with Gasteiger partial charge in [0.25, 0.3) is 11.8 Å². The lowest BCUT2D eigenvalue weighted by atomic mass is 10.1. The van der Waals surface area contributed by atoms with E-state index in [0.717, 1.165) is 37.2 Å². The van der Waals surface area contributed by atoms with Crippen molar-refractivity contribution in [1.82, 2.24) is 4.90 Å². The number of rotatable bonds is 6. The molecule has 0 radical (unpaired) electrons. The predicted molar refractivity (Wildman–Crippen MR) is 103 cm³/mol. The zero-order valence-electron chi connectivity index (χ0n) is 15.7. The van der Waals surface area contributed by atoms with E-state index in [4.69, 9.17) is 9.47 Å². The van der Waals surface area contributed by atoms with Gasteiger partial charge in [-0.3, -0.25) is 9.59 Å². The molecule has 1 aliphatic rings. The van der Waals surface area contributed by atoms with Gasteiger partial charge in [-0.15, -0.1) is 0 Å². The smallest absolute Gasteiger partial charge is 0.260 e. The summed E-state index contributed by atoms with van der Waals surface area (Å²) >= 11 is 0. The Hall–Kier alpha value is -3.02. The maximum absolute atomic E-state index is 12.7. The van der Waals surface area contributed by atoms with Crippen LogP contribution < -0.4 is 14.8 Å². The number of nitrogens with zero attached hydrogens (tertiary/aromatic N) is 1. The highest BCUT2D eigenvalue weighted by Gasteiger charge is 2.20. The van der Waals surface area contributed by atoms with Crippen LogP contribution in [-0.2, 0) is 4.79 Å². The number of benzene rings is 2. The molecule has 0 aliphatic carbocycles. The number of methoxy groups -OCH3 is 1. The fourth-order valence-corrected chi connectivity index (χ4v) is 3.07. The average Bonchev–Trinajstić information content (AvgIpc) is 3.22. The number of anilines is 1. The molecule has 3 rings (SSSR count). The van der Waals surface area contributed by atoms with Crippen molar-refractivity contribution in [2.45, 2.75) is 19.8 Å². The van der Waals surface area contributed by atoms with Gasteiger partial charge in [-0.1, -0.05) is 12.1 Å². The molecule has 6 nitrogen and oxygen atoms in total. The Morgan fingerprint density at radius 3 is 2.56 bits per heavy atom. The van der Waals surface area contributed by atoms with Gasteiger partial charge in [0.1, 0.15) is 11.5 Å². The number of hydrogen-bond donors (Lipinski definition) is 1. The summed E-state index contributed by atoms with van der Waals surface area (Å²) in [4.78, 5) is 26.7. The lowest BCUT2D eigenvalue weighted by Crippen LogP contribution is -2.32. The minimum atomic E-state index is -0.285. The van der Waals surface area contributed by atoms with E-state index in [0.29, 0.717) is 17.0 Å². The number of carbonyl (C=O) groups excluding carboxylic acids is 2. The zero-order valence-corrected chi connectivity index (χ0v) is 15.7. The van der Waals surface area contributed by atoms with Crippen LogP contribution >= 0.6 is 0 Å². The van der Waals surface area contributed by atoms with Crippen LogP contribution in [0.2, 0.25) is 0 Å². The number of amides is 2. The Morgan fingerprint density at radius 1 is 1.11 bits per heavy atom. The second-order valence-electron chi connectivity index (χ2n) is 6.51. The molecule has 6 heteroatoms. The molecule has 0 bridgehead atoms. The fourth-order valence-electron chi connectivity index (χ4n) is 3.07. The van der Waals surface area contributed by atoms with Crippen LogP contribution in [0.15, 0.2) is 42.5 Å². The summed E-state index contributed by atoms with van der Waals surface area (Å²) in [5.41, 5.74) is 1.98. The van der Waals surface area contributed by atoms with Crippen molar-refractivity contribution in [2.75, 3.05) is 32.1 Å². The molecule has 2 aromatic rings. The maximum Gasteiger partial charge on any atom is 0.260 e. The van der Waals surface area contributed by atoms with Crippen molar-refractivity contribution < 1.29 is 19.1 Å². The number of hydrogen-bond acceptors (Lipinski definition) is 4. The second kappa shape index (κ2) is 8.58. The van der Waals surface area contributed by atoms with Crippen LogP contribution in [0.4, 0.5) is 5.69 Å². The average molecular weight is 368 g/mol. The highest BCUT2D eigenvalue weighted by atomic mass is 16.5. The molecule has 2 aromatic carbocycles. The Balaban J connectivity index is 1.69. The molecular weight excluding hydrogens is 344 g/mol. The van der Waals surface area contributed by atoms with Crippen molar-refractivity contribution >= 4 is 17.5 Å². The number of para-hydroxylation sites is 1. The maximum atomic E-state index is 12.7. The molecule has 0 saturated carbocycles. The van der Waals surface area contributed by atoms with Gasteiger partial charge in [0, 0.05) is 18.8 Å². The first kappa shape index (κ1) is 18.8. The van der Waals surface area contributed by atoms with Gasteiger partial charge >= 0.3 is 0 Å². The van der Waals surface area contributed by atoms with Crippen molar-refractivity contribution in [3.05, 3.63) is 53.6 Å². The van der Waals surface area contributed by atoms with Crippen LogP contribution in [0.5, 0.6) is 11.5 Å². The number of ether oxygens (including phenoxy) is 2. The number of aryl methyl sites for hydroxylation is 1. The van der Waals surface area contributed by atoms with Crippen LogP contribution in [0.25, 0.3) is 0 Å². The highest BCUT2D eigenvalue weighted by molar-refractivity contribution is 6.06. The number of carbonyl (C=O) groups is 2. The molecule has 1 saturated heterocycles. The summed E-state index contributed by atoms with van der Waals surface area (Å²) in [6.07, 6.45) is 2.07. The molecule has 142 valence electrons. The summed E-state index contributed by atoms with van der Waals surface area (Å²) in [5.74, 6) is 0.796. The molecule has 1 fully saturated rings. The third-order valence-electron chi connectivity index (χ3n) is 4.62. The summed E-state index contributed by atoms with van der Waals surface area (Å²) in [6, 6.07) is 12.4. The first-order chi connectivity index (χ1) is 13.1. The number of nitrogens with one attached hydrogen (secondary N) is 1. The van der Waals surface area contributed by atoms with Gasteiger partial charge in [0.05, 0.1) is 12.7 Å². The van der Waals surface area contributed by atoms with E-state index in [1.165, 1.54) is 0 Å². The van der Waals surface area contributed by atoms with Crippen molar-refractivity contribution in [1.29, 1.82) is 0 Å². The summed E-state index contributed by atoms with van der Waals surface area (Å²) in [6.45, 7) is 3.39. The molecule has 2 amide bonds. The van der Waals surface area contributed by atoms with Gasteiger partial charge < -0.3 is 19.7 Å². The van der Waals surface area contributed by atoms with Crippen LogP contribution in [0.3, 0.4) is 0 Å². The predicted octanol–water partition coefficient (Wildman–Crippen LogP) is 3.26. The third kappa shape index (κ3) is 4.58. The Bertz CT molecular complexity index is 829. The molecule has 1 aliphatic heterocycles. The summed E-state index contributed by atoms with van der Waals surface area (Å²) < 4.78 is 10.9. The fraction of sp³-hybridized carbons (Fsp3) is 0.333. The lowest BCUT2D eigenvalue weighted by Gasteiger charge is -2.17. The Labute approximate surface area is 159 Å². The summed E-state index contributed by atoms with van der Waals surface area (Å²) in [5, 5.41) is 2.89. The third-order valence-corrected chi connectivity index (χ3v) is 4.62. The normalized spacial score (nSPS) is 13.3. The van der Waals surface area contributed by atoms with E-state index >= 15 is 0 Å². The molecular formula is C21H24N2O4. The monoisotopic (exact) mass is 368 g/mol. The largest absolute Gasteiger partial charge is 0.497 e. The molecule has 27 heavy (non-hydrogen) atoms. The molecule has 1 N–H and O–H groups in total. The van der Waals surface area contributed by atoms with E-state index in [1.807, 2.05) is 13.0 Å². The lowest BCUT2D eigenvalue weighted by molar-refractivity contribution is -0.132. The quantitative estimate of drug-likeness (QED) is 0.850.